The van der Waals surface area contributed by atoms with Crippen molar-refractivity contribution in [3.05, 3.63) is 0 Å². The Morgan fingerprint density at radius 3 is 2.21 bits per heavy atom. The third-order valence-corrected chi connectivity index (χ3v) is 3.48. The van der Waals surface area contributed by atoms with Gasteiger partial charge in [-0.05, 0) is 19.4 Å². The molecule has 5 heteroatoms. The Kier molecular flexibility index (Phi) is 6.28. The lowest BCUT2D eigenvalue weighted by molar-refractivity contribution is -0.138. The number of likely N-dealkylation sites (N-methyl/N-ethyl adjacent to an activating group) is 1. The predicted octanol–water partition coefficient (Wildman–Crippen LogP) is 0.701. The minimum atomic E-state index is -0.365. The van der Waals surface area contributed by atoms with E-state index in [1.165, 1.54) is 0 Å². The van der Waals surface area contributed by atoms with Crippen LogP contribution < -0.4 is 5.32 Å². The Morgan fingerprint density at radius 1 is 1.16 bits per heavy atom. The SMILES string of the molecule is CCC(=O)N[C@@H](CC(C)C)C(=O)N1CCN(C)CC1. The number of amides is 2. The second-order valence-electron chi connectivity index (χ2n) is 5.73. The minimum Gasteiger partial charge on any atom is -0.344 e. The number of hydrogen-bond donors (Lipinski definition) is 1. The predicted molar refractivity (Wildman–Crippen MR) is 75.8 cm³/mol. The number of carbonyl (C=O) groups excluding carboxylic acids is 2. The van der Waals surface area contributed by atoms with Crippen LogP contribution in [0.5, 0.6) is 0 Å². The van der Waals surface area contributed by atoms with Crippen LogP contribution in [0.3, 0.4) is 0 Å². The molecule has 1 N–H and O–H groups in total. The van der Waals surface area contributed by atoms with Gasteiger partial charge in [0.2, 0.25) is 11.8 Å². The zero-order valence-corrected chi connectivity index (χ0v) is 12.6. The van der Waals surface area contributed by atoms with Gasteiger partial charge < -0.3 is 15.1 Å². The van der Waals surface area contributed by atoms with Crippen LogP contribution in [0.25, 0.3) is 0 Å². The number of rotatable bonds is 5. The fourth-order valence-corrected chi connectivity index (χ4v) is 2.24. The van der Waals surface area contributed by atoms with E-state index in [0.717, 1.165) is 26.2 Å². The van der Waals surface area contributed by atoms with Crippen LogP contribution in [-0.4, -0.2) is 60.9 Å². The van der Waals surface area contributed by atoms with E-state index in [9.17, 15) is 9.59 Å². The number of piperazine rings is 1. The highest BCUT2D eigenvalue weighted by Gasteiger charge is 2.28. The van der Waals surface area contributed by atoms with Crippen molar-refractivity contribution in [2.75, 3.05) is 33.2 Å². The van der Waals surface area contributed by atoms with Crippen LogP contribution in [0.1, 0.15) is 33.6 Å². The van der Waals surface area contributed by atoms with Crippen molar-refractivity contribution in [1.29, 1.82) is 0 Å². The molecule has 0 bridgehead atoms. The summed E-state index contributed by atoms with van der Waals surface area (Å²) >= 11 is 0. The second kappa shape index (κ2) is 7.48. The van der Waals surface area contributed by atoms with Gasteiger partial charge >= 0.3 is 0 Å². The molecule has 0 saturated carbocycles. The molecule has 1 saturated heterocycles. The topological polar surface area (TPSA) is 52.7 Å². The fraction of sp³-hybridized carbons (Fsp3) is 0.857. The van der Waals surface area contributed by atoms with Crippen molar-refractivity contribution in [2.24, 2.45) is 5.92 Å². The van der Waals surface area contributed by atoms with Crippen LogP contribution in [0.15, 0.2) is 0 Å². The van der Waals surface area contributed by atoms with Crippen molar-refractivity contribution in [3.63, 3.8) is 0 Å². The molecule has 110 valence electrons. The molecule has 0 unspecified atom stereocenters. The lowest BCUT2D eigenvalue weighted by Gasteiger charge is -2.35. The van der Waals surface area contributed by atoms with Crippen LogP contribution in [-0.2, 0) is 9.59 Å². The molecule has 5 nitrogen and oxygen atoms in total. The zero-order valence-electron chi connectivity index (χ0n) is 12.6. The van der Waals surface area contributed by atoms with Crippen molar-refractivity contribution >= 4 is 11.8 Å². The van der Waals surface area contributed by atoms with Crippen LogP contribution in [0.4, 0.5) is 0 Å². The van der Waals surface area contributed by atoms with Gasteiger partial charge in [0.25, 0.3) is 0 Å². The van der Waals surface area contributed by atoms with Crippen LogP contribution in [0.2, 0.25) is 0 Å². The standard InChI is InChI=1S/C14H27N3O2/c1-5-13(18)15-12(10-11(2)3)14(19)17-8-6-16(4)7-9-17/h11-12H,5-10H2,1-4H3,(H,15,18)/t12-/m0/s1. The maximum atomic E-state index is 12.5. The summed E-state index contributed by atoms with van der Waals surface area (Å²) in [7, 11) is 2.06. The quantitative estimate of drug-likeness (QED) is 0.799. The molecule has 1 atom stereocenters. The molecule has 0 aliphatic carbocycles. The second-order valence-corrected chi connectivity index (χ2v) is 5.73. The van der Waals surface area contributed by atoms with Gasteiger partial charge in [-0.2, -0.15) is 0 Å². The summed E-state index contributed by atoms with van der Waals surface area (Å²) in [6.45, 7) is 9.27. The third kappa shape index (κ3) is 5.19. The van der Waals surface area contributed by atoms with Crippen molar-refractivity contribution in [2.45, 2.75) is 39.7 Å². The zero-order chi connectivity index (χ0) is 14.4. The van der Waals surface area contributed by atoms with Gasteiger partial charge in [0.1, 0.15) is 6.04 Å². The molecule has 0 aromatic heterocycles. The maximum absolute atomic E-state index is 12.5. The fourth-order valence-electron chi connectivity index (χ4n) is 2.24. The smallest absolute Gasteiger partial charge is 0.245 e. The Morgan fingerprint density at radius 2 is 1.74 bits per heavy atom. The number of carbonyl (C=O) groups is 2. The lowest BCUT2D eigenvalue weighted by Crippen LogP contribution is -2.54. The van der Waals surface area contributed by atoms with E-state index < -0.39 is 0 Å². The first-order chi connectivity index (χ1) is 8.93. The Hall–Kier alpha value is -1.10. The molecular formula is C14H27N3O2. The molecular weight excluding hydrogens is 242 g/mol. The van der Waals surface area contributed by atoms with E-state index in [-0.39, 0.29) is 17.9 Å². The number of nitrogens with zero attached hydrogens (tertiary/aromatic N) is 2. The monoisotopic (exact) mass is 269 g/mol. The Balaban J connectivity index is 2.62. The van der Waals surface area contributed by atoms with Gasteiger partial charge in [0.15, 0.2) is 0 Å². The summed E-state index contributed by atoms with van der Waals surface area (Å²) in [5.74, 6) is 0.412. The summed E-state index contributed by atoms with van der Waals surface area (Å²) in [6, 6.07) is -0.365. The van der Waals surface area contributed by atoms with E-state index in [0.29, 0.717) is 18.8 Å². The molecule has 2 amide bonds. The highest BCUT2D eigenvalue weighted by molar-refractivity contribution is 5.87. The molecule has 0 radical (unpaired) electrons. The van der Waals surface area contributed by atoms with Crippen LogP contribution >= 0.6 is 0 Å². The van der Waals surface area contributed by atoms with E-state index in [1.54, 1.807) is 0 Å². The molecule has 1 heterocycles. The van der Waals surface area contributed by atoms with Gasteiger partial charge in [0, 0.05) is 32.6 Å². The maximum Gasteiger partial charge on any atom is 0.245 e. The summed E-state index contributed by atoms with van der Waals surface area (Å²) in [5, 5.41) is 2.86. The summed E-state index contributed by atoms with van der Waals surface area (Å²) < 4.78 is 0. The Bertz CT molecular complexity index is 310. The van der Waals surface area contributed by atoms with Gasteiger partial charge in [-0.15, -0.1) is 0 Å². The van der Waals surface area contributed by atoms with Gasteiger partial charge in [-0.25, -0.2) is 0 Å². The highest BCUT2D eigenvalue weighted by Crippen LogP contribution is 2.10. The molecule has 1 aliphatic heterocycles. The largest absolute Gasteiger partial charge is 0.344 e. The van der Waals surface area contributed by atoms with E-state index in [1.807, 2.05) is 11.8 Å². The summed E-state index contributed by atoms with van der Waals surface area (Å²) in [5.41, 5.74) is 0. The summed E-state index contributed by atoms with van der Waals surface area (Å²) in [4.78, 5) is 28.1. The number of hydrogen-bond acceptors (Lipinski definition) is 3. The first-order valence-electron chi connectivity index (χ1n) is 7.20. The molecule has 1 rings (SSSR count). The van der Waals surface area contributed by atoms with E-state index in [4.69, 9.17) is 0 Å². The van der Waals surface area contributed by atoms with Crippen molar-refractivity contribution < 1.29 is 9.59 Å². The van der Waals surface area contributed by atoms with Gasteiger partial charge in [-0.1, -0.05) is 20.8 Å². The molecule has 1 aliphatic rings. The molecule has 0 aromatic rings. The molecule has 19 heavy (non-hydrogen) atoms. The Labute approximate surface area is 116 Å². The first kappa shape index (κ1) is 16.0. The lowest BCUT2D eigenvalue weighted by atomic mass is 10.0. The highest BCUT2D eigenvalue weighted by atomic mass is 16.2. The normalized spacial score (nSPS) is 18.5. The summed E-state index contributed by atoms with van der Waals surface area (Å²) in [6.07, 6.45) is 1.13. The molecule has 0 spiro atoms. The van der Waals surface area contributed by atoms with Gasteiger partial charge in [-0.3, -0.25) is 9.59 Å². The van der Waals surface area contributed by atoms with Gasteiger partial charge in [0.05, 0.1) is 0 Å². The average Bonchev–Trinajstić information content (AvgIpc) is 2.37. The average molecular weight is 269 g/mol. The van der Waals surface area contributed by atoms with E-state index >= 15 is 0 Å². The minimum absolute atomic E-state index is 0.0480. The first-order valence-corrected chi connectivity index (χ1v) is 7.20. The van der Waals surface area contributed by atoms with Crippen molar-refractivity contribution in [1.82, 2.24) is 15.1 Å². The molecule has 0 aromatic carbocycles. The van der Waals surface area contributed by atoms with E-state index in [2.05, 4.69) is 31.1 Å². The van der Waals surface area contributed by atoms with Crippen LogP contribution in [0, 0.1) is 5.92 Å². The van der Waals surface area contributed by atoms with Crippen molar-refractivity contribution in [3.8, 4) is 0 Å². The number of nitrogens with one attached hydrogen (secondary N) is 1. The molecule has 1 fully saturated rings. The third-order valence-electron chi connectivity index (χ3n) is 3.48.